The van der Waals surface area contributed by atoms with Gasteiger partial charge in [-0.15, -0.1) is 0 Å². The van der Waals surface area contributed by atoms with Crippen LogP contribution in [0.15, 0.2) is 48.7 Å². The lowest BCUT2D eigenvalue weighted by Gasteiger charge is -2.18. The van der Waals surface area contributed by atoms with Gasteiger partial charge in [0.25, 0.3) is 0 Å². The number of aromatic nitrogens is 1. The van der Waals surface area contributed by atoms with Crippen molar-refractivity contribution in [2.75, 3.05) is 30.4 Å². The molecule has 0 unspecified atom stereocenters. The first-order chi connectivity index (χ1) is 10.2. The molecule has 0 radical (unpaired) electrons. The molecule has 0 aliphatic carbocycles. The Morgan fingerprint density at radius 2 is 2.00 bits per heavy atom. The summed E-state index contributed by atoms with van der Waals surface area (Å²) in [5, 5.41) is 14.0. The van der Waals surface area contributed by atoms with Gasteiger partial charge in [-0.05, 0) is 18.2 Å². The SMILES string of the molecule is CN(CCCNc1[nH+]cccc1[N+](=O)[O-])c1ccccc1. The smallest absolute Gasteiger partial charge is 0.357 e. The average Bonchev–Trinajstić information content (AvgIpc) is 2.52. The Balaban J connectivity index is 1.81. The molecule has 110 valence electrons. The minimum atomic E-state index is -0.394. The highest BCUT2D eigenvalue weighted by atomic mass is 16.6. The number of H-pyrrole nitrogens is 1. The molecule has 0 aliphatic rings. The van der Waals surface area contributed by atoms with Crippen molar-refractivity contribution in [2.24, 2.45) is 0 Å². The van der Waals surface area contributed by atoms with Crippen molar-refractivity contribution in [3.8, 4) is 0 Å². The zero-order chi connectivity index (χ0) is 15.1. The molecular weight excluding hydrogens is 268 g/mol. The Labute approximate surface area is 123 Å². The van der Waals surface area contributed by atoms with Gasteiger partial charge in [0.2, 0.25) is 0 Å². The van der Waals surface area contributed by atoms with Gasteiger partial charge in [0.05, 0.1) is 17.7 Å². The summed E-state index contributed by atoms with van der Waals surface area (Å²) in [5.41, 5.74) is 1.23. The minimum absolute atomic E-state index is 0.0638. The standard InChI is InChI=1S/C15H18N4O2/c1-18(13-7-3-2-4-8-13)12-6-11-17-15-14(19(20)21)9-5-10-16-15/h2-5,7-10H,6,11-12H2,1H3,(H,16,17)/p+1. The second-order valence-corrected chi connectivity index (χ2v) is 4.72. The molecule has 2 rings (SSSR count). The van der Waals surface area contributed by atoms with Crippen molar-refractivity contribution < 1.29 is 9.91 Å². The molecule has 6 nitrogen and oxygen atoms in total. The topological polar surface area (TPSA) is 72.5 Å². The molecule has 0 amide bonds. The van der Waals surface area contributed by atoms with E-state index >= 15 is 0 Å². The predicted octanol–water partition coefficient (Wildman–Crippen LogP) is 2.35. The predicted molar refractivity (Wildman–Crippen MR) is 82.5 cm³/mol. The summed E-state index contributed by atoms with van der Waals surface area (Å²) in [4.78, 5) is 15.5. The van der Waals surface area contributed by atoms with Gasteiger partial charge in [0.15, 0.2) is 0 Å². The number of nitro groups is 1. The van der Waals surface area contributed by atoms with Crippen LogP contribution in [0.2, 0.25) is 0 Å². The number of rotatable bonds is 7. The number of aromatic amines is 1. The number of nitrogens with one attached hydrogen (secondary N) is 2. The van der Waals surface area contributed by atoms with E-state index in [1.165, 1.54) is 6.07 Å². The van der Waals surface area contributed by atoms with Gasteiger partial charge in [0.1, 0.15) is 0 Å². The summed E-state index contributed by atoms with van der Waals surface area (Å²) in [6, 6.07) is 13.2. The van der Waals surface area contributed by atoms with Gasteiger partial charge in [-0.3, -0.25) is 15.4 Å². The van der Waals surface area contributed by atoms with Crippen LogP contribution in [0.1, 0.15) is 6.42 Å². The van der Waals surface area contributed by atoms with E-state index in [4.69, 9.17) is 0 Å². The van der Waals surface area contributed by atoms with Crippen molar-refractivity contribution in [1.29, 1.82) is 0 Å². The number of hydrogen-bond acceptors (Lipinski definition) is 4. The second-order valence-electron chi connectivity index (χ2n) is 4.72. The molecular formula is C15H19N4O2+. The largest absolute Gasteiger partial charge is 0.374 e. The Morgan fingerprint density at radius 1 is 1.24 bits per heavy atom. The normalized spacial score (nSPS) is 10.1. The number of benzene rings is 1. The highest BCUT2D eigenvalue weighted by molar-refractivity contribution is 5.50. The third-order valence-corrected chi connectivity index (χ3v) is 3.20. The summed E-state index contributed by atoms with van der Waals surface area (Å²) >= 11 is 0. The van der Waals surface area contributed by atoms with Crippen molar-refractivity contribution in [3.63, 3.8) is 0 Å². The zero-order valence-corrected chi connectivity index (χ0v) is 12.0. The molecule has 0 bridgehead atoms. The van der Waals surface area contributed by atoms with Gasteiger partial charge >= 0.3 is 11.5 Å². The van der Waals surface area contributed by atoms with Crippen molar-refractivity contribution in [1.82, 2.24) is 0 Å². The van der Waals surface area contributed by atoms with Crippen molar-refractivity contribution >= 4 is 17.2 Å². The fourth-order valence-electron chi connectivity index (χ4n) is 2.06. The molecule has 6 heteroatoms. The van der Waals surface area contributed by atoms with Crippen molar-refractivity contribution in [2.45, 2.75) is 6.42 Å². The van der Waals surface area contributed by atoms with E-state index in [0.29, 0.717) is 12.4 Å². The van der Waals surface area contributed by atoms with Crippen LogP contribution in [-0.2, 0) is 0 Å². The molecule has 21 heavy (non-hydrogen) atoms. The van der Waals surface area contributed by atoms with Crippen LogP contribution in [0, 0.1) is 10.1 Å². The number of anilines is 2. The quantitative estimate of drug-likeness (QED) is 0.482. The molecule has 0 aliphatic heterocycles. The van der Waals surface area contributed by atoms with Crippen LogP contribution in [0.4, 0.5) is 17.2 Å². The molecule has 0 spiro atoms. The van der Waals surface area contributed by atoms with Crippen LogP contribution < -0.4 is 15.2 Å². The van der Waals surface area contributed by atoms with Gasteiger partial charge < -0.3 is 4.90 Å². The molecule has 1 aromatic carbocycles. The van der Waals surface area contributed by atoms with E-state index in [-0.39, 0.29) is 5.69 Å². The number of hydrogen-bond donors (Lipinski definition) is 1. The summed E-state index contributed by atoms with van der Waals surface area (Å²) in [5.74, 6) is 0.449. The van der Waals surface area contributed by atoms with Crippen LogP contribution in [-0.4, -0.2) is 25.1 Å². The van der Waals surface area contributed by atoms with E-state index < -0.39 is 4.92 Å². The van der Waals surface area contributed by atoms with Crippen LogP contribution >= 0.6 is 0 Å². The molecule has 1 aromatic heterocycles. The van der Waals surface area contributed by atoms with Crippen LogP contribution in [0.25, 0.3) is 0 Å². The lowest BCUT2D eigenvalue weighted by atomic mass is 10.3. The average molecular weight is 287 g/mol. The van der Waals surface area contributed by atoms with E-state index in [0.717, 1.165) is 18.7 Å². The first-order valence-corrected chi connectivity index (χ1v) is 6.83. The fourth-order valence-corrected chi connectivity index (χ4v) is 2.06. The maximum Gasteiger partial charge on any atom is 0.357 e. The lowest BCUT2D eigenvalue weighted by Crippen LogP contribution is -2.22. The Morgan fingerprint density at radius 3 is 2.71 bits per heavy atom. The number of nitrogens with zero attached hydrogens (tertiary/aromatic N) is 2. The van der Waals surface area contributed by atoms with Crippen LogP contribution in [0.5, 0.6) is 0 Å². The summed E-state index contributed by atoms with van der Waals surface area (Å²) in [7, 11) is 2.03. The molecule has 0 atom stereocenters. The Kier molecular flexibility index (Phi) is 5.09. The summed E-state index contributed by atoms with van der Waals surface area (Å²) < 4.78 is 0. The highest BCUT2D eigenvalue weighted by Gasteiger charge is 2.18. The molecule has 2 N–H and O–H groups in total. The lowest BCUT2D eigenvalue weighted by molar-refractivity contribution is -0.409. The first-order valence-electron chi connectivity index (χ1n) is 6.83. The molecule has 1 heterocycles. The first kappa shape index (κ1) is 14.8. The van der Waals surface area contributed by atoms with Crippen molar-refractivity contribution in [3.05, 3.63) is 58.8 Å². The maximum atomic E-state index is 10.9. The molecule has 0 saturated carbocycles. The highest BCUT2D eigenvalue weighted by Crippen LogP contribution is 2.17. The van der Waals surface area contributed by atoms with E-state index in [1.54, 1.807) is 12.3 Å². The van der Waals surface area contributed by atoms with E-state index in [2.05, 4.69) is 27.3 Å². The second kappa shape index (κ2) is 7.23. The fraction of sp³-hybridized carbons (Fsp3) is 0.267. The summed E-state index contributed by atoms with van der Waals surface area (Å²) in [6.45, 7) is 1.54. The molecule has 2 aromatic rings. The zero-order valence-electron chi connectivity index (χ0n) is 12.0. The maximum absolute atomic E-state index is 10.9. The van der Waals surface area contributed by atoms with E-state index in [9.17, 15) is 10.1 Å². The Bertz CT molecular complexity index is 589. The monoisotopic (exact) mass is 287 g/mol. The minimum Gasteiger partial charge on any atom is -0.374 e. The molecule has 0 saturated heterocycles. The van der Waals surface area contributed by atoms with E-state index in [1.807, 2.05) is 25.2 Å². The third-order valence-electron chi connectivity index (χ3n) is 3.20. The van der Waals surface area contributed by atoms with Gasteiger partial charge in [-0.25, -0.2) is 4.98 Å². The van der Waals surface area contributed by atoms with Gasteiger partial charge in [-0.1, -0.05) is 18.2 Å². The van der Waals surface area contributed by atoms with Gasteiger partial charge in [-0.2, -0.15) is 0 Å². The Hall–Kier alpha value is -2.63. The third kappa shape index (κ3) is 4.17. The molecule has 0 fully saturated rings. The summed E-state index contributed by atoms with van der Waals surface area (Å²) in [6.07, 6.45) is 2.55. The van der Waals surface area contributed by atoms with Crippen LogP contribution in [0.3, 0.4) is 0 Å². The number of para-hydroxylation sites is 1. The van der Waals surface area contributed by atoms with Gasteiger partial charge in [0, 0.05) is 31.8 Å². The number of pyridine rings is 1.